The molecular formula is C53H102O6. The van der Waals surface area contributed by atoms with Crippen LogP contribution in [-0.4, -0.2) is 37.2 Å². The number of carbonyl (C=O) groups excluding carboxylic acids is 3. The summed E-state index contributed by atoms with van der Waals surface area (Å²) in [5, 5.41) is 0. The second kappa shape index (κ2) is 45.9. The van der Waals surface area contributed by atoms with Crippen LogP contribution in [0.3, 0.4) is 0 Å². The topological polar surface area (TPSA) is 78.9 Å². The van der Waals surface area contributed by atoms with Gasteiger partial charge >= 0.3 is 17.9 Å². The van der Waals surface area contributed by atoms with Crippen molar-refractivity contribution in [1.82, 2.24) is 0 Å². The Hall–Kier alpha value is -1.59. The summed E-state index contributed by atoms with van der Waals surface area (Å²) in [7, 11) is 0. The molecule has 0 saturated heterocycles. The first-order valence-electron chi connectivity index (χ1n) is 26.3. The summed E-state index contributed by atoms with van der Waals surface area (Å²) in [6.45, 7) is 11.4. The van der Waals surface area contributed by atoms with E-state index in [1.807, 2.05) is 0 Å². The minimum absolute atomic E-state index is 0.0637. The van der Waals surface area contributed by atoms with E-state index in [9.17, 15) is 14.4 Å². The zero-order valence-electron chi connectivity index (χ0n) is 40.4. The molecule has 0 aliphatic carbocycles. The largest absolute Gasteiger partial charge is 0.462 e. The fraction of sp³-hybridized carbons (Fsp3) is 0.943. The van der Waals surface area contributed by atoms with Crippen LogP contribution in [0.5, 0.6) is 0 Å². The molecule has 0 aromatic carbocycles. The lowest BCUT2D eigenvalue weighted by Crippen LogP contribution is -2.30. The molecule has 0 aromatic rings. The number of ether oxygens (including phenoxy) is 3. The van der Waals surface area contributed by atoms with E-state index < -0.39 is 6.10 Å². The Labute approximate surface area is 368 Å². The van der Waals surface area contributed by atoms with Gasteiger partial charge in [0.2, 0.25) is 0 Å². The van der Waals surface area contributed by atoms with E-state index in [-0.39, 0.29) is 31.1 Å². The maximum atomic E-state index is 12.7. The van der Waals surface area contributed by atoms with Crippen LogP contribution in [-0.2, 0) is 28.6 Å². The summed E-state index contributed by atoms with van der Waals surface area (Å²) in [5.41, 5.74) is 0. The molecule has 0 spiro atoms. The lowest BCUT2D eigenvalue weighted by molar-refractivity contribution is -0.167. The zero-order chi connectivity index (χ0) is 43.3. The van der Waals surface area contributed by atoms with Gasteiger partial charge in [-0.05, 0) is 31.1 Å². The van der Waals surface area contributed by atoms with Crippen LogP contribution in [0.4, 0.5) is 0 Å². The van der Waals surface area contributed by atoms with Crippen molar-refractivity contribution in [2.75, 3.05) is 13.2 Å². The summed E-state index contributed by atoms with van der Waals surface area (Å²) < 4.78 is 16.8. The number of rotatable bonds is 47. The Balaban J connectivity index is 4.22. The fourth-order valence-electron chi connectivity index (χ4n) is 7.96. The second-order valence-electron chi connectivity index (χ2n) is 18.9. The molecule has 0 N–H and O–H groups in total. The standard InChI is InChI=1S/C53H102O6/c1-6-8-9-10-11-21-30-35-40-45-53(56)59-50(47-58-52(55)44-39-34-29-25-20-19-23-27-32-37-42-49(5)7-2)46-57-51(54)43-38-33-28-24-18-16-14-12-13-15-17-22-26-31-36-41-48(3)4/h48-50H,6-47H2,1-5H3/t49?,50-/m1/s1. The van der Waals surface area contributed by atoms with Gasteiger partial charge in [-0.25, -0.2) is 0 Å². The van der Waals surface area contributed by atoms with Gasteiger partial charge in [0.1, 0.15) is 13.2 Å². The lowest BCUT2D eigenvalue weighted by atomic mass is 9.99. The molecule has 0 radical (unpaired) electrons. The fourth-order valence-corrected chi connectivity index (χ4v) is 7.96. The van der Waals surface area contributed by atoms with E-state index in [0.717, 1.165) is 69.6 Å². The molecule has 0 aliphatic rings. The Morgan fingerprint density at radius 3 is 0.966 bits per heavy atom. The van der Waals surface area contributed by atoms with E-state index in [2.05, 4.69) is 34.6 Å². The third kappa shape index (κ3) is 45.8. The highest BCUT2D eigenvalue weighted by molar-refractivity contribution is 5.71. The number of unbranched alkanes of at least 4 members (excludes halogenated alkanes) is 31. The molecule has 0 saturated carbocycles. The number of hydrogen-bond acceptors (Lipinski definition) is 6. The van der Waals surface area contributed by atoms with E-state index >= 15 is 0 Å². The van der Waals surface area contributed by atoms with Gasteiger partial charge in [-0.3, -0.25) is 14.4 Å². The highest BCUT2D eigenvalue weighted by Crippen LogP contribution is 2.18. The minimum Gasteiger partial charge on any atom is -0.462 e. The summed E-state index contributed by atoms with van der Waals surface area (Å²) in [5.74, 6) is 0.869. The van der Waals surface area contributed by atoms with Crippen molar-refractivity contribution >= 4 is 17.9 Å². The SMILES string of the molecule is CCCCCCCCCCCC(=O)O[C@H](COC(=O)CCCCCCCCCCCCCCCCCC(C)C)COC(=O)CCCCCCCCCCCCC(C)CC. The molecule has 0 amide bonds. The van der Waals surface area contributed by atoms with Gasteiger partial charge in [-0.1, -0.05) is 253 Å². The van der Waals surface area contributed by atoms with Crippen molar-refractivity contribution in [2.24, 2.45) is 11.8 Å². The summed E-state index contributed by atoms with van der Waals surface area (Å²) in [4.78, 5) is 37.9. The summed E-state index contributed by atoms with van der Waals surface area (Å²) in [6.07, 6.45) is 46.6. The van der Waals surface area contributed by atoms with E-state index in [1.54, 1.807) is 0 Å². The Bertz CT molecular complexity index is 902. The summed E-state index contributed by atoms with van der Waals surface area (Å²) >= 11 is 0. The first kappa shape index (κ1) is 57.4. The van der Waals surface area contributed by atoms with Gasteiger partial charge in [0.15, 0.2) is 6.10 Å². The maximum absolute atomic E-state index is 12.7. The first-order chi connectivity index (χ1) is 28.8. The molecule has 350 valence electrons. The van der Waals surface area contributed by atoms with Crippen LogP contribution in [0.25, 0.3) is 0 Å². The van der Waals surface area contributed by atoms with Crippen molar-refractivity contribution in [2.45, 2.75) is 298 Å². The average Bonchev–Trinajstić information content (AvgIpc) is 3.22. The monoisotopic (exact) mass is 835 g/mol. The first-order valence-corrected chi connectivity index (χ1v) is 26.3. The van der Waals surface area contributed by atoms with Crippen LogP contribution in [0.1, 0.15) is 291 Å². The highest BCUT2D eigenvalue weighted by Gasteiger charge is 2.19. The average molecular weight is 835 g/mol. The van der Waals surface area contributed by atoms with Crippen molar-refractivity contribution < 1.29 is 28.6 Å². The Kier molecular flexibility index (Phi) is 44.7. The van der Waals surface area contributed by atoms with Gasteiger partial charge in [0.25, 0.3) is 0 Å². The number of hydrogen-bond donors (Lipinski definition) is 0. The molecule has 2 atom stereocenters. The van der Waals surface area contributed by atoms with E-state index in [0.29, 0.717) is 19.3 Å². The molecule has 0 fully saturated rings. The predicted molar refractivity (Wildman–Crippen MR) is 252 cm³/mol. The smallest absolute Gasteiger partial charge is 0.306 e. The van der Waals surface area contributed by atoms with Gasteiger partial charge < -0.3 is 14.2 Å². The molecular weight excluding hydrogens is 733 g/mol. The minimum atomic E-state index is -0.761. The van der Waals surface area contributed by atoms with Gasteiger partial charge in [0.05, 0.1) is 0 Å². The van der Waals surface area contributed by atoms with E-state index in [4.69, 9.17) is 14.2 Å². The molecule has 1 unspecified atom stereocenters. The molecule has 59 heavy (non-hydrogen) atoms. The highest BCUT2D eigenvalue weighted by atomic mass is 16.6. The third-order valence-electron chi connectivity index (χ3n) is 12.3. The zero-order valence-corrected chi connectivity index (χ0v) is 40.4. The van der Waals surface area contributed by atoms with Crippen LogP contribution in [0.15, 0.2) is 0 Å². The second-order valence-corrected chi connectivity index (χ2v) is 18.9. The van der Waals surface area contributed by atoms with Crippen molar-refractivity contribution in [1.29, 1.82) is 0 Å². The Morgan fingerprint density at radius 1 is 0.356 bits per heavy atom. The molecule has 0 aliphatic heterocycles. The predicted octanol–water partition coefficient (Wildman–Crippen LogP) is 16.9. The molecule has 0 bridgehead atoms. The van der Waals surface area contributed by atoms with Crippen molar-refractivity contribution in [3.05, 3.63) is 0 Å². The molecule has 6 heteroatoms. The van der Waals surface area contributed by atoms with Gasteiger partial charge in [0, 0.05) is 19.3 Å². The van der Waals surface area contributed by atoms with Gasteiger partial charge in [-0.2, -0.15) is 0 Å². The molecule has 0 aromatic heterocycles. The van der Waals surface area contributed by atoms with Crippen molar-refractivity contribution in [3.8, 4) is 0 Å². The normalized spacial score (nSPS) is 12.5. The van der Waals surface area contributed by atoms with Gasteiger partial charge in [-0.15, -0.1) is 0 Å². The number of esters is 3. The third-order valence-corrected chi connectivity index (χ3v) is 12.3. The van der Waals surface area contributed by atoms with Crippen LogP contribution < -0.4 is 0 Å². The van der Waals surface area contributed by atoms with Crippen LogP contribution >= 0.6 is 0 Å². The lowest BCUT2D eigenvalue weighted by Gasteiger charge is -2.18. The van der Waals surface area contributed by atoms with Crippen LogP contribution in [0, 0.1) is 11.8 Å². The summed E-state index contributed by atoms with van der Waals surface area (Å²) in [6, 6.07) is 0. The quantitative estimate of drug-likeness (QED) is 0.0345. The van der Waals surface area contributed by atoms with E-state index in [1.165, 1.54) is 180 Å². The van der Waals surface area contributed by atoms with Crippen molar-refractivity contribution in [3.63, 3.8) is 0 Å². The molecule has 6 nitrogen and oxygen atoms in total. The maximum Gasteiger partial charge on any atom is 0.306 e. The Morgan fingerprint density at radius 2 is 0.644 bits per heavy atom. The molecule has 0 heterocycles. The van der Waals surface area contributed by atoms with Crippen LogP contribution in [0.2, 0.25) is 0 Å². The number of carbonyl (C=O) groups is 3. The molecule has 0 rings (SSSR count).